The summed E-state index contributed by atoms with van der Waals surface area (Å²) >= 11 is 0. The van der Waals surface area contributed by atoms with Gasteiger partial charge in [-0.1, -0.05) is 39.0 Å². The van der Waals surface area contributed by atoms with E-state index in [-0.39, 0.29) is 6.10 Å². The highest BCUT2D eigenvalue weighted by Gasteiger charge is 2.12. The number of rotatable bonds is 10. The molecule has 5 nitrogen and oxygen atoms in total. The molecular weight excluding hydrogens is 304 g/mol. The van der Waals surface area contributed by atoms with Gasteiger partial charge in [0.05, 0.1) is 6.10 Å². The van der Waals surface area contributed by atoms with Gasteiger partial charge in [-0.2, -0.15) is 0 Å². The molecule has 0 aliphatic heterocycles. The van der Waals surface area contributed by atoms with E-state index in [1.807, 2.05) is 13.8 Å². The van der Waals surface area contributed by atoms with Crippen molar-refractivity contribution < 1.29 is 14.3 Å². The van der Waals surface area contributed by atoms with Crippen molar-refractivity contribution in [3.8, 4) is 5.75 Å². The zero-order valence-corrected chi connectivity index (χ0v) is 15.1. The summed E-state index contributed by atoms with van der Waals surface area (Å²) in [6.07, 6.45) is 6.99. The molecule has 1 aromatic rings. The Bertz CT molecular complexity index is 498. The zero-order chi connectivity index (χ0) is 17.8. The molecule has 0 fully saturated rings. The normalized spacial score (nSPS) is 10.5. The molecular formula is C19H30N2O3. The number of benzene rings is 1. The smallest absolute Gasteiger partial charge is 0.313 e. The van der Waals surface area contributed by atoms with Crippen molar-refractivity contribution in [1.29, 1.82) is 0 Å². The van der Waals surface area contributed by atoms with E-state index in [2.05, 4.69) is 17.6 Å². The molecule has 0 saturated heterocycles. The molecule has 0 heterocycles. The number of hydrogen-bond acceptors (Lipinski definition) is 3. The van der Waals surface area contributed by atoms with Gasteiger partial charge >= 0.3 is 11.8 Å². The summed E-state index contributed by atoms with van der Waals surface area (Å²) in [7, 11) is 0. The van der Waals surface area contributed by atoms with Crippen LogP contribution in [0.25, 0.3) is 0 Å². The van der Waals surface area contributed by atoms with E-state index in [4.69, 9.17) is 4.74 Å². The fourth-order valence-corrected chi connectivity index (χ4v) is 2.26. The molecule has 0 radical (unpaired) electrons. The third-order valence-corrected chi connectivity index (χ3v) is 3.51. The second-order valence-electron chi connectivity index (χ2n) is 6.17. The van der Waals surface area contributed by atoms with Gasteiger partial charge in [0, 0.05) is 12.2 Å². The monoisotopic (exact) mass is 334 g/mol. The number of hydrogen-bond donors (Lipinski definition) is 2. The first-order chi connectivity index (χ1) is 11.5. The molecule has 1 rings (SSSR count). The lowest BCUT2D eigenvalue weighted by Gasteiger charge is -2.10. The molecule has 0 saturated carbocycles. The summed E-state index contributed by atoms with van der Waals surface area (Å²) in [5.74, 6) is -0.500. The van der Waals surface area contributed by atoms with Gasteiger partial charge in [0.25, 0.3) is 0 Å². The molecule has 0 aliphatic rings. The minimum atomic E-state index is -0.640. The first kappa shape index (κ1) is 20.0. The van der Waals surface area contributed by atoms with Crippen LogP contribution in [0.5, 0.6) is 5.75 Å². The van der Waals surface area contributed by atoms with Gasteiger partial charge in [-0.3, -0.25) is 9.59 Å². The third-order valence-electron chi connectivity index (χ3n) is 3.51. The van der Waals surface area contributed by atoms with Gasteiger partial charge in [0.15, 0.2) is 0 Å². The van der Waals surface area contributed by atoms with Gasteiger partial charge in [-0.15, -0.1) is 0 Å². The summed E-state index contributed by atoms with van der Waals surface area (Å²) in [6.45, 7) is 6.62. The maximum absolute atomic E-state index is 11.8. The summed E-state index contributed by atoms with van der Waals surface area (Å²) in [4.78, 5) is 23.6. The lowest BCUT2D eigenvalue weighted by molar-refractivity contribution is -0.136. The predicted molar refractivity (Wildman–Crippen MR) is 97.2 cm³/mol. The Kier molecular flexibility index (Phi) is 9.58. The van der Waals surface area contributed by atoms with Crippen LogP contribution in [0.4, 0.5) is 5.69 Å². The van der Waals surface area contributed by atoms with Gasteiger partial charge in [-0.05, 0) is 44.5 Å². The Hall–Kier alpha value is -2.04. The van der Waals surface area contributed by atoms with Crippen LogP contribution >= 0.6 is 0 Å². The van der Waals surface area contributed by atoms with E-state index in [1.54, 1.807) is 24.3 Å². The highest BCUT2D eigenvalue weighted by molar-refractivity contribution is 6.39. The van der Waals surface area contributed by atoms with Gasteiger partial charge < -0.3 is 15.4 Å². The van der Waals surface area contributed by atoms with Gasteiger partial charge in [-0.25, -0.2) is 0 Å². The second-order valence-corrected chi connectivity index (χ2v) is 6.17. The van der Waals surface area contributed by atoms with E-state index < -0.39 is 11.8 Å². The fraction of sp³-hybridized carbons (Fsp3) is 0.579. The molecule has 0 unspecified atom stereocenters. The van der Waals surface area contributed by atoms with Crippen LogP contribution in [0.1, 0.15) is 59.3 Å². The molecule has 0 bridgehead atoms. The number of nitrogens with one attached hydrogen (secondary N) is 2. The average Bonchev–Trinajstić information content (AvgIpc) is 2.55. The van der Waals surface area contributed by atoms with Gasteiger partial charge in [0.2, 0.25) is 0 Å². The van der Waals surface area contributed by atoms with E-state index in [9.17, 15) is 9.59 Å². The van der Waals surface area contributed by atoms with Crippen LogP contribution < -0.4 is 15.4 Å². The van der Waals surface area contributed by atoms with Crippen molar-refractivity contribution in [3.63, 3.8) is 0 Å². The summed E-state index contributed by atoms with van der Waals surface area (Å²) in [6, 6.07) is 6.97. The zero-order valence-electron chi connectivity index (χ0n) is 15.1. The van der Waals surface area contributed by atoms with E-state index >= 15 is 0 Å². The molecule has 5 heteroatoms. The molecule has 0 aromatic heterocycles. The lowest BCUT2D eigenvalue weighted by atomic mass is 10.1. The van der Waals surface area contributed by atoms with E-state index in [0.717, 1.165) is 18.6 Å². The van der Waals surface area contributed by atoms with Crippen molar-refractivity contribution in [2.24, 2.45) is 0 Å². The summed E-state index contributed by atoms with van der Waals surface area (Å²) in [5, 5.41) is 5.24. The largest absolute Gasteiger partial charge is 0.491 e. The fourth-order valence-electron chi connectivity index (χ4n) is 2.26. The summed E-state index contributed by atoms with van der Waals surface area (Å²) < 4.78 is 5.53. The molecule has 24 heavy (non-hydrogen) atoms. The standard InChI is InChI=1S/C19H30N2O3/c1-4-5-6-7-8-9-14-20-18(22)19(23)21-16-10-12-17(13-11-16)24-15(2)3/h10-13,15H,4-9,14H2,1-3H3,(H,20,22)(H,21,23). The van der Waals surface area contributed by atoms with Crippen LogP contribution in [0.15, 0.2) is 24.3 Å². The molecule has 2 amide bonds. The number of carbonyl (C=O) groups excluding carboxylic acids is 2. The molecule has 0 atom stereocenters. The quantitative estimate of drug-likeness (QED) is 0.504. The van der Waals surface area contributed by atoms with Crippen molar-refractivity contribution in [3.05, 3.63) is 24.3 Å². The van der Waals surface area contributed by atoms with Crippen molar-refractivity contribution in [1.82, 2.24) is 5.32 Å². The predicted octanol–water partition coefficient (Wildman–Crippen LogP) is 3.89. The Morgan fingerprint density at radius 2 is 1.58 bits per heavy atom. The number of unbranched alkanes of at least 4 members (excludes halogenated alkanes) is 5. The first-order valence-electron chi connectivity index (χ1n) is 8.88. The van der Waals surface area contributed by atoms with Crippen LogP contribution in [0.3, 0.4) is 0 Å². The minimum absolute atomic E-state index is 0.0955. The molecule has 1 aromatic carbocycles. The Labute approximate surface area is 145 Å². The minimum Gasteiger partial charge on any atom is -0.491 e. The van der Waals surface area contributed by atoms with Crippen LogP contribution in [-0.4, -0.2) is 24.5 Å². The summed E-state index contributed by atoms with van der Waals surface area (Å²) in [5.41, 5.74) is 0.575. The molecule has 0 spiro atoms. The number of ether oxygens (including phenoxy) is 1. The van der Waals surface area contributed by atoms with Crippen molar-refractivity contribution in [2.45, 2.75) is 65.4 Å². The number of carbonyl (C=O) groups is 2. The van der Waals surface area contributed by atoms with Crippen LogP contribution in [0.2, 0.25) is 0 Å². The highest BCUT2D eigenvalue weighted by Crippen LogP contribution is 2.16. The van der Waals surface area contributed by atoms with Crippen molar-refractivity contribution in [2.75, 3.05) is 11.9 Å². The lowest BCUT2D eigenvalue weighted by Crippen LogP contribution is -2.35. The molecule has 2 N–H and O–H groups in total. The van der Waals surface area contributed by atoms with Gasteiger partial charge in [0.1, 0.15) is 5.75 Å². The Morgan fingerprint density at radius 3 is 2.21 bits per heavy atom. The third kappa shape index (κ3) is 8.56. The SMILES string of the molecule is CCCCCCCCNC(=O)C(=O)Nc1ccc(OC(C)C)cc1. The van der Waals surface area contributed by atoms with Crippen LogP contribution in [0, 0.1) is 0 Å². The van der Waals surface area contributed by atoms with Crippen molar-refractivity contribution >= 4 is 17.5 Å². The molecule has 134 valence electrons. The van der Waals surface area contributed by atoms with Crippen LogP contribution in [-0.2, 0) is 9.59 Å². The maximum atomic E-state index is 11.8. The second kappa shape index (κ2) is 11.5. The first-order valence-corrected chi connectivity index (χ1v) is 8.88. The van der Waals surface area contributed by atoms with E-state index in [1.165, 1.54) is 25.7 Å². The maximum Gasteiger partial charge on any atom is 0.313 e. The number of amides is 2. The number of anilines is 1. The molecule has 0 aliphatic carbocycles. The highest BCUT2D eigenvalue weighted by atomic mass is 16.5. The topological polar surface area (TPSA) is 67.4 Å². The Balaban J connectivity index is 2.25. The average molecular weight is 334 g/mol. The van der Waals surface area contributed by atoms with E-state index in [0.29, 0.717) is 12.2 Å². The Morgan fingerprint density at radius 1 is 0.958 bits per heavy atom.